The van der Waals surface area contributed by atoms with Crippen molar-refractivity contribution in [2.24, 2.45) is 0 Å². The molecule has 0 aliphatic heterocycles. The summed E-state index contributed by atoms with van der Waals surface area (Å²) in [5, 5.41) is 18.5. The van der Waals surface area contributed by atoms with Crippen LogP contribution in [-0.4, -0.2) is 11.1 Å². The van der Waals surface area contributed by atoms with Gasteiger partial charge in [-0.3, -0.25) is 4.79 Å². The van der Waals surface area contributed by atoms with Crippen molar-refractivity contribution in [2.45, 2.75) is 25.1 Å². The third kappa shape index (κ3) is 2.61. The van der Waals surface area contributed by atoms with Crippen LogP contribution < -0.4 is 0 Å². The number of rotatable bonds is 4. The number of benzene rings is 1. The van der Waals surface area contributed by atoms with Crippen LogP contribution in [0.1, 0.15) is 29.2 Å². The fourth-order valence-electron chi connectivity index (χ4n) is 1.77. The van der Waals surface area contributed by atoms with E-state index >= 15 is 0 Å². The largest absolute Gasteiger partial charge is 0.481 e. The molecule has 3 nitrogen and oxygen atoms in total. The first-order chi connectivity index (χ1) is 7.63. The van der Waals surface area contributed by atoms with Crippen molar-refractivity contribution in [2.75, 3.05) is 0 Å². The highest BCUT2D eigenvalue weighted by Crippen LogP contribution is 2.22. The molecular formula is C12H12BrNO2. The molecule has 84 valence electrons. The van der Waals surface area contributed by atoms with Gasteiger partial charge in [0.2, 0.25) is 0 Å². The topological polar surface area (TPSA) is 61.1 Å². The molecule has 1 aromatic carbocycles. The van der Waals surface area contributed by atoms with Crippen molar-refractivity contribution in [3.05, 3.63) is 34.4 Å². The van der Waals surface area contributed by atoms with Crippen molar-refractivity contribution in [1.82, 2.24) is 0 Å². The first-order valence-electron chi connectivity index (χ1n) is 4.95. The lowest BCUT2D eigenvalue weighted by Gasteiger charge is -2.12. The van der Waals surface area contributed by atoms with E-state index < -0.39 is 5.97 Å². The summed E-state index contributed by atoms with van der Waals surface area (Å²) < 4.78 is 0. The maximum absolute atomic E-state index is 10.8. The van der Waals surface area contributed by atoms with E-state index in [9.17, 15) is 4.79 Å². The number of hydrogen-bond donors (Lipinski definition) is 1. The Bertz CT molecular complexity index is 449. The molecule has 0 aliphatic rings. The molecule has 0 saturated heterocycles. The van der Waals surface area contributed by atoms with E-state index in [-0.39, 0.29) is 6.42 Å². The Morgan fingerprint density at radius 2 is 2.19 bits per heavy atom. The zero-order chi connectivity index (χ0) is 12.1. The highest BCUT2D eigenvalue weighted by molar-refractivity contribution is 9.08. The van der Waals surface area contributed by atoms with Crippen LogP contribution >= 0.6 is 15.9 Å². The lowest BCUT2D eigenvalue weighted by Crippen LogP contribution is -2.07. The van der Waals surface area contributed by atoms with Crippen molar-refractivity contribution >= 4 is 21.9 Å². The number of carboxylic acid groups (broad SMARTS) is 1. The predicted octanol–water partition coefficient (Wildman–Crippen LogP) is 2.64. The highest BCUT2D eigenvalue weighted by atomic mass is 79.9. The van der Waals surface area contributed by atoms with Crippen LogP contribution in [0.2, 0.25) is 0 Å². The standard InChI is InChI=1S/C12H12BrNO2/c1-2-10-8(6-13)3-4-9(7-14)11(10)5-12(15)16/h3-4H,2,5-6H2,1H3,(H,15,16). The number of carboxylic acids is 1. The molecule has 1 N–H and O–H groups in total. The lowest BCUT2D eigenvalue weighted by molar-refractivity contribution is -0.136. The summed E-state index contributed by atoms with van der Waals surface area (Å²) in [6, 6.07) is 5.61. The molecule has 0 radical (unpaired) electrons. The molecule has 0 fully saturated rings. The quantitative estimate of drug-likeness (QED) is 0.863. The molecule has 0 aliphatic carbocycles. The minimum absolute atomic E-state index is 0.0904. The van der Waals surface area contributed by atoms with Crippen LogP contribution in [0.5, 0.6) is 0 Å². The van der Waals surface area contributed by atoms with E-state index in [1.165, 1.54) is 0 Å². The lowest BCUT2D eigenvalue weighted by atomic mass is 9.93. The monoisotopic (exact) mass is 281 g/mol. The molecule has 4 heteroatoms. The summed E-state index contributed by atoms with van der Waals surface area (Å²) in [4.78, 5) is 10.8. The second-order valence-corrected chi connectivity index (χ2v) is 3.96. The van der Waals surface area contributed by atoms with Gasteiger partial charge in [-0.2, -0.15) is 5.26 Å². The maximum Gasteiger partial charge on any atom is 0.307 e. The number of nitriles is 1. The second-order valence-electron chi connectivity index (χ2n) is 3.40. The first-order valence-corrected chi connectivity index (χ1v) is 6.07. The number of hydrogen-bond acceptors (Lipinski definition) is 2. The van der Waals surface area contributed by atoms with Gasteiger partial charge in [-0.05, 0) is 29.2 Å². The number of halogens is 1. The Morgan fingerprint density at radius 3 is 2.62 bits per heavy atom. The number of alkyl halides is 1. The van der Waals surface area contributed by atoms with Gasteiger partial charge in [-0.25, -0.2) is 0 Å². The van der Waals surface area contributed by atoms with Crippen LogP contribution in [0.3, 0.4) is 0 Å². The highest BCUT2D eigenvalue weighted by Gasteiger charge is 2.14. The summed E-state index contributed by atoms with van der Waals surface area (Å²) in [6.07, 6.45) is 0.645. The molecule has 1 aromatic rings. The van der Waals surface area contributed by atoms with Gasteiger partial charge in [-0.1, -0.05) is 28.9 Å². The number of aliphatic carboxylic acids is 1. The van der Waals surface area contributed by atoms with Crippen LogP contribution in [0.15, 0.2) is 12.1 Å². The zero-order valence-corrected chi connectivity index (χ0v) is 10.5. The molecule has 0 spiro atoms. The van der Waals surface area contributed by atoms with Crippen molar-refractivity contribution in [1.29, 1.82) is 5.26 Å². The van der Waals surface area contributed by atoms with Gasteiger partial charge in [0.05, 0.1) is 18.1 Å². The Hall–Kier alpha value is -1.34. The van der Waals surface area contributed by atoms with Gasteiger partial charge >= 0.3 is 5.97 Å². The SMILES string of the molecule is CCc1c(CBr)ccc(C#N)c1CC(=O)O. The van der Waals surface area contributed by atoms with E-state index in [1.54, 1.807) is 6.07 Å². The Labute approximate surface area is 103 Å². The maximum atomic E-state index is 10.8. The van der Waals surface area contributed by atoms with Gasteiger partial charge < -0.3 is 5.11 Å². The Morgan fingerprint density at radius 1 is 1.50 bits per heavy atom. The van der Waals surface area contributed by atoms with Crippen molar-refractivity contribution in [3.8, 4) is 6.07 Å². The third-order valence-corrected chi connectivity index (χ3v) is 3.08. The molecule has 0 unspecified atom stereocenters. The average molecular weight is 282 g/mol. The van der Waals surface area contributed by atoms with E-state index in [0.29, 0.717) is 16.5 Å². The summed E-state index contributed by atoms with van der Waals surface area (Å²) in [5.41, 5.74) is 3.13. The Balaban J connectivity index is 3.37. The molecule has 0 bridgehead atoms. The first kappa shape index (κ1) is 12.7. The molecule has 1 rings (SSSR count). The number of nitrogens with zero attached hydrogens (tertiary/aromatic N) is 1. The molecule has 0 aromatic heterocycles. The van der Waals surface area contributed by atoms with E-state index in [2.05, 4.69) is 15.9 Å². The second kappa shape index (κ2) is 5.66. The van der Waals surface area contributed by atoms with Crippen molar-refractivity contribution in [3.63, 3.8) is 0 Å². The summed E-state index contributed by atoms with van der Waals surface area (Å²) in [5.74, 6) is -0.905. The van der Waals surface area contributed by atoms with E-state index in [0.717, 1.165) is 17.5 Å². The summed E-state index contributed by atoms with van der Waals surface area (Å²) >= 11 is 3.37. The smallest absolute Gasteiger partial charge is 0.307 e. The molecule has 0 saturated carbocycles. The normalized spacial score (nSPS) is 9.81. The van der Waals surface area contributed by atoms with E-state index in [1.807, 2.05) is 19.1 Å². The fourth-order valence-corrected chi connectivity index (χ4v) is 2.29. The zero-order valence-electron chi connectivity index (χ0n) is 8.96. The van der Waals surface area contributed by atoms with Crippen LogP contribution in [0.25, 0.3) is 0 Å². The molecule has 0 atom stereocenters. The van der Waals surface area contributed by atoms with Gasteiger partial charge in [-0.15, -0.1) is 0 Å². The minimum Gasteiger partial charge on any atom is -0.481 e. The third-order valence-electron chi connectivity index (χ3n) is 2.47. The molecule has 0 heterocycles. The van der Waals surface area contributed by atoms with Crippen LogP contribution in [0.4, 0.5) is 0 Å². The van der Waals surface area contributed by atoms with Gasteiger partial charge in [0.25, 0.3) is 0 Å². The molecule has 0 amide bonds. The van der Waals surface area contributed by atoms with Crippen LogP contribution in [-0.2, 0) is 23.0 Å². The Kier molecular flexibility index (Phi) is 4.51. The predicted molar refractivity (Wildman–Crippen MR) is 64.5 cm³/mol. The van der Waals surface area contributed by atoms with Crippen molar-refractivity contribution < 1.29 is 9.90 Å². The van der Waals surface area contributed by atoms with E-state index in [4.69, 9.17) is 10.4 Å². The van der Waals surface area contributed by atoms with Gasteiger partial charge in [0, 0.05) is 5.33 Å². The van der Waals surface area contributed by atoms with Gasteiger partial charge in [0.1, 0.15) is 0 Å². The number of carbonyl (C=O) groups is 1. The average Bonchev–Trinajstić information content (AvgIpc) is 2.27. The molecular weight excluding hydrogens is 270 g/mol. The summed E-state index contributed by atoms with van der Waals surface area (Å²) in [7, 11) is 0. The molecule has 16 heavy (non-hydrogen) atoms. The van der Waals surface area contributed by atoms with Crippen LogP contribution in [0, 0.1) is 11.3 Å². The van der Waals surface area contributed by atoms with Gasteiger partial charge in [0.15, 0.2) is 0 Å². The summed E-state index contributed by atoms with van der Waals surface area (Å²) in [6.45, 7) is 1.97. The minimum atomic E-state index is -0.905. The fraction of sp³-hybridized carbons (Fsp3) is 0.333.